The van der Waals surface area contributed by atoms with E-state index in [1.165, 1.54) is 25.3 Å². The highest BCUT2D eigenvalue weighted by Gasteiger charge is 2.38. The van der Waals surface area contributed by atoms with Crippen molar-refractivity contribution in [1.29, 1.82) is 0 Å². The number of carbonyl (C=O) groups is 1. The number of amides is 1. The van der Waals surface area contributed by atoms with Crippen LogP contribution in [0.4, 0.5) is 13.2 Å². The van der Waals surface area contributed by atoms with Crippen LogP contribution in [0, 0.1) is 0 Å². The largest absolute Gasteiger partial charge is 0.471 e. The molecule has 12 heteroatoms. The Morgan fingerprint density at radius 3 is 2.53 bits per heavy atom. The molecule has 164 valence electrons. The molecule has 0 fully saturated rings. The molecule has 0 saturated heterocycles. The maximum absolute atomic E-state index is 12.6. The Labute approximate surface area is 180 Å². The zero-order valence-electron chi connectivity index (χ0n) is 15.8. The molecule has 1 aromatic carbocycles. The molecule has 0 unspecified atom stereocenters. The number of nitrogens with zero attached hydrogens (tertiary/aromatic N) is 3. The summed E-state index contributed by atoms with van der Waals surface area (Å²) in [5, 5.41) is 4.49. The van der Waals surface area contributed by atoms with Gasteiger partial charge in [0.2, 0.25) is 11.7 Å². The third kappa shape index (κ3) is 7.60. The van der Waals surface area contributed by atoms with E-state index in [0.717, 1.165) is 5.06 Å². The van der Waals surface area contributed by atoms with E-state index in [0.29, 0.717) is 24.2 Å². The van der Waals surface area contributed by atoms with Gasteiger partial charge in [-0.05, 0) is 18.1 Å². The second-order valence-electron chi connectivity index (χ2n) is 5.93. The van der Waals surface area contributed by atoms with E-state index in [1.807, 2.05) is 0 Å². The Balaban J connectivity index is 2.08. The van der Waals surface area contributed by atoms with E-state index in [1.54, 1.807) is 12.1 Å². The number of halogens is 5. The molecule has 2 rings (SSSR count). The van der Waals surface area contributed by atoms with Crippen LogP contribution in [-0.4, -0.2) is 41.4 Å². The minimum absolute atomic E-state index is 0.00414. The fourth-order valence-corrected chi connectivity index (χ4v) is 2.40. The van der Waals surface area contributed by atoms with E-state index in [4.69, 9.17) is 32.8 Å². The van der Waals surface area contributed by atoms with Gasteiger partial charge in [0, 0.05) is 25.7 Å². The molecule has 0 aliphatic rings. The average Bonchev–Trinajstić information content (AvgIpc) is 3.18. The standard InChI is InChI=1S/C18H18Cl2F3N3O4/c1-28-9-2-3-15(27)26(29-10-8-14(19)20)11-12-4-6-13(7-5-12)16-24-17(30-25-16)18(21,22)23/h4-8H,2-3,9-11H2,1H3. The molecule has 0 saturated carbocycles. The quantitative estimate of drug-likeness (QED) is 0.370. The lowest BCUT2D eigenvalue weighted by Crippen LogP contribution is -2.31. The van der Waals surface area contributed by atoms with Gasteiger partial charge in [-0.2, -0.15) is 18.2 Å². The Kier molecular flexibility index (Phi) is 9.09. The highest BCUT2D eigenvalue weighted by Crippen LogP contribution is 2.29. The van der Waals surface area contributed by atoms with Crippen molar-refractivity contribution >= 4 is 29.1 Å². The van der Waals surface area contributed by atoms with Gasteiger partial charge in [0.25, 0.3) is 0 Å². The summed E-state index contributed by atoms with van der Waals surface area (Å²) in [6.07, 6.45) is -2.62. The Morgan fingerprint density at radius 1 is 1.27 bits per heavy atom. The molecule has 1 heterocycles. The number of carbonyl (C=O) groups excluding carboxylic acids is 1. The Bertz CT molecular complexity index is 853. The molecule has 0 radical (unpaired) electrons. The number of alkyl halides is 3. The molecule has 7 nitrogen and oxygen atoms in total. The fraction of sp³-hybridized carbons (Fsp3) is 0.389. The number of aromatic nitrogens is 2. The number of rotatable bonds is 10. The van der Waals surface area contributed by atoms with Crippen molar-refractivity contribution in [3.05, 3.63) is 46.3 Å². The average molecular weight is 468 g/mol. The predicted octanol–water partition coefficient (Wildman–Crippen LogP) is 4.76. The van der Waals surface area contributed by atoms with Crippen molar-refractivity contribution in [1.82, 2.24) is 15.2 Å². The summed E-state index contributed by atoms with van der Waals surface area (Å²) < 4.78 is 46.9. The normalized spacial score (nSPS) is 11.4. The lowest BCUT2D eigenvalue weighted by Gasteiger charge is -2.21. The second-order valence-corrected chi connectivity index (χ2v) is 6.94. The van der Waals surface area contributed by atoms with Gasteiger partial charge in [0.1, 0.15) is 4.49 Å². The molecule has 0 N–H and O–H groups in total. The minimum atomic E-state index is -4.72. The summed E-state index contributed by atoms with van der Waals surface area (Å²) in [5.41, 5.74) is 0.994. The summed E-state index contributed by atoms with van der Waals surface area (Å²) in [6, 6.07) is 6.26. The topological polar surface area (TPSA) is 77.7 Å². The third-order valence-electron chi connectivity index (χ3n) is 3.69. The molecule has 1 amide bonds. The minimum Gasteiger partial charge on any atom is -0.385 e. The van der Waals surface area contributed by atoms with Gasteiger partial charge in [-0.15, -0.1) is 0 Å². The van der Waals surface area contributed by atoms with Gasteiger partial charge in [0.05, 0.1) is 13.2 Å². The van der Waals surface area contributed by atoms with Gasteiger partial charge in [-0.3, -0.25) is 9.63 Å². The highest BCUT2D eigenvalue weighted by atomic mass is 35.5. The molecular weight excluding hydrogens is 450 g/mol. The molecule has 1 aromatic heterocycles. The first-order valence-corrected chi connectivity index (χ1v) is 9.40. The number of hydrogen-bond donors (Lipinski definition) is 0. The van der Waals surface area contributed by atoms with Gasteiger partial charge in [-0.25, -0.2) is 5.06 Å². The fourth-order valence-electron chi connectivity index (χ4n) is 2.27. The zero-order chi connectivity index (χ0) is 22.1. The number of ether oxygens (including phenoxy) is 1. The number of hydrogen-bond acceptors (Lipinski definition) is 6. The summed E-state index contributed by atoms with van der Waals surface area (Å²) >= 11 is 11.1. The van der Waals surface area contributed by atoms with Crippen molar-refractivity contribution in [2.75, 3.05) is 20.3 Å². The van der Waals surface area contributed by atoms with Gasteiger partial charge in [-0.1, -0.05) is 52.6 Å². The van der Waals surface area contributed by atoms with E-state index in [2.05, 4.69) is 14.7 Å². The SMILES string of the molecule is COCCCC(=O)N(Cc1ccc(-c2noc(C(F)(F)F)n2)cc1)OCC=C(Cl)Cl. The van der Waals surface area contributed by atoms with Crippen LogP contribution in [-0.2, 0) is 27.1 Å². The third-order valence-corrected chi connectivity index (χ3v) is 4.00. The smallest absolute Gasteiger partial charge is 0.385 e. The number of hydroxylamine groups is 2. The predicted molar refractivity (Wildman–Crippen MR) is 102 cm³/mol. The molecule has 0 aliphatic carbocycles. The molecule has 0 spiro atoms. The first-order valence-electron chi connectivity index (χ1n) is 8.64. The van der Waals surface area contributed by atoms with Crippen LogP contribution in [0.5, 0.6) is 0 Å². The highest BCUT2D eigenvalue weighted by molar-refractivity contribution is 6.55. The van der Waals surface area contributed by atoms with E-state index >= 15 is 0 Å². The van der Waals surface area contributed by atoms with Gasteiger partial charge < -0.3 is 9.26 Å². The summed E-state index contributed by atoms with van der Waals surface area (Å²) in [7, 11) is 1.54. The van der Waals surface area contributed by atoms with Gasteiger partial charge in [0.15, 0.2) is 0 Å². The van der Waals surface area contributed by atoms with Crippen molar-refractivity contribution in [3.8, 4) is 11.4 Å². The van der Waals surface area contributed by atoms with Crippen LogP contribution in [0.15, 0.2) is 39.4 Å². The van der Waals surface area contributed by atoms with Crippen LogP contribution in [0.25, 0.3) is 11.4 Å². The van der Waals surface area contributed by atoms with Crippen molar-refractivity contribution in [3.63, 3.8) is 0 Å². The molecule has 0 aliphatic heterocycles. The van der Waals surface area contributed by atoms with Crippen molar-refractivity contribution < 1.29 is 32.1 Å². The van der Waals surface area contributed by atoms with Crippen molar-refractivity contribution in [2.24, 2.45) is 0 Å². The zero-order valence-corrected chi connectivity index (χ0v) is 17.3. The molecule has 30 heavy (non-hydrogen) atoms. The maximum atomic E-state index is 12.6. The van der Waals surface area contributed by atoms with E-state index < -0.39 is 12.1 Å². The lowest BCUT2D eigenvalue weighted by molar-refractivity contribution is -0.186. The van der Waals surface area contributed by atoms with Gasteiger partial charge >= 0.3 is 12.1 Å². The first kappa shape index (κ1) is 24.1. The monoisotopic (exact) mass is 467 g/mol. The number of benzene rings is 1. The maximum Gasteiger partial charge on any atom is 0.471 e. The second kappa shape index (κ2) is 11.3. The Hall–Kier alpha value is -2.14. The van der Waals surface area contributed by atoms with E-state index in [-0.39, 0.29) is 35.8 Å². The summed E-state index contributed by atoms with van der Waals surface area (Å²) in [6.45, 7) is 0.506. The summed E-state index contributed by atoms with van der Waals surface area (Å²) in [4.78, 5) is 21.2. The van der Waals surface area contributed by atoms with Crippen LogP contribution >= 0.6 is 23.2 Å². The van der Waals surface area contributed by atoms with Crippen LogP contribution in [0.3, 0.4) is 0 Å². The lowest BCUT2D eigenvalue weighted by atomic mass is 10.1. The number of methoxy groups -OCH3 is 1. The van der Waals surface area contributed by atoms with Crippen LogP contribution in [0.1, 0.15) is 24.3 Å². The van der Waals surface area contributed by atoms with Crippen molar-refractivity contribution in [2.45, 2.75) is 25.6 Å². The summed E-state index contributed by atoms with van der Waals surface area (Å²) in [5.74, 6) is -1.89. The molecular formula is C18H18Cl2F3N3O4. The molecule has 0 atom stereocenters. The Morgan fingerprint density at radius 2 is 1.97 bits per heavy atom. The molecule has 0 bridgehead atoms. The van der Waals surface area contributed by atoms with Crippen LogP contribution < -0.4 is 0 Å². The molecule has 2 aromatic rings. The first-order chi connectivity index (χ1) is 14.2. The van der Waals surface area contributed by atoms with Crippen LogP contribution in [0.2, 0.25) is 0 Å². The van der Waals surface area contributed by atoms with E-state index in [9.17, 15) is 18.0 Å².